The summed E-state index contributed by atoms with van der Waals surface area (Å²) in [6.45, 7) is 4.86. The number of carbonyl (C=O) groups excluding carboxylic acids is 1. The highest BCUT2D eigenvalue weighted by atomic mass is 16.7. The van der Waals surface area contributed by atoms with Crippen LogP contribution in [0.4, 0.5) is 0 Å². The summed E-state index contributed by atoms with van der Waals surface area (Å²) in [6, 6.07) is 0.511. The van der Waals surface area contributed by atoms with Crippen molar-refractivity contribution in [2.24, 2.45) is 0 Å². The van der Waals surface area contributed by atoms with E-state index in [1.54, 1.807) is 26.2 Å². The maximum atomic E-state index is 11.9. The van der Waals surface area contributed by atoms with Crippen LogP contribution in [0, 0.1) is 0 Å². The third-order valence-corrected chi connectivity index (χ3v) is 3.52. The molecule has 20 heavy (non-hydrogen) atoms. The number of hydrogen-bond donors (Lipinski definition) is 1. The van der Waals surface area contributed by atoms with Crippen molar-refractivity contribution >= 4 is 5.91 Å². The summed E-state index contributed by atoms with van der Waals surface area (Å²) in [5.41, 5.74) is 0. The molecule has 5 nitrogen and oxygen atoms in total. The first kappa shape index (κ1) is 19.4. The monoisotopic (exact) mass is 288 g/mol. The Labute approximate surface area is 124 Å². The summed E-state index contributed by atoms with van der Waals surface area (Å²) in [5, 5.41) is 3.34. The number of nitrogens with one attached hydrogen (secondary N) is 1. The Morgan fingerprint density at radius 3 is 2.25 bits per heavy atom. The molecule has 0 aromatic rings. The lowest BCUT2D eigenvalue weighted by molar-refractivity contribution is -0.142. The Kier molecular flexibility index (Phi) is 11.7. The maximum Gasteiger partial charge on any atom is 0.236 e. The number of amides is 1. The number of methoxy groups -OCH3 is 2. The molecule has 1 fully saturated rings. The molecule has 0 spiro atoms. The highest BCUT2D eigenvalue weighted by Gasteiger charge is 2.17. The molecule has 0 aromatic heterocycles. The van der Waals surface area contributed by atoms with Crippen molar-refractivity contribution in [3.63, 3.8) is 0 Å². The van der Waals surface area contributed by atoms with Crippen molar-refractivity contribution in [2.75, 3.05) is 34.4 Å². The molecule has 120 valence electrons. The van der Waals surface area contributed by atoms with Gasteiger partial charge in [-0.25, -0.2) is 0 Å². The first-order chi connectivity index (χ1) is 9.67. The third kappa shape index (κ3) is 7.82. The Morgan fingerprint density at radius 1 is 1.20 bits per heavy atom. The molecule has 1 aliphatic rings. The van der Waals surface area contributed by atoms with E-state index in [4.69, 9.17) is 9.47 Å². The van der Waals surface area contributed by atoms with E-state index in [-0.39, 0.29) is 12.2 Å². The summed E-state index contributed by atoms with van der Waals surface area (Å²) < 4.78 is 10.2. The van der Waals surface area contributed by atoms with Crippen LogP contribution in [0.3, 0.4) is 0 Å². The first-order valence-corrected chi connectivity index (χ1v) is 7.70. The molecule has 1 amide bonds. The minimum absolute atomic E-state index is 0.0830. The second-order valence-corrected chi connectivity index (χ2v) is 4.89. The van der Waals surface area contributed by atoms with Crippen LogP contribution in [-0.4, -0.2) is 57.5 Å². The number of hydrogen-bond acceptors (Lipinski definition) is 4. The Morgan fingerprint density at radius 2 is 1.75 bits per heavy atom. The standard InChI is InChI=1S/C13H26N2O3.C2H6/c1-15(10-13(17-2)18-3)12(16)9-14-11-7-5-4-6-8-11;1-2/h11,13-14H,4-10H2,1-3H3;1-2H3. The average molecular weight is 288 g/mol. The molecule has 1 saturated carbocycles. The lowest BCUT2D eigenvalue weighted by atomic mass is 9.95. The van der Waals surface area contributed by atoms with Gasteiger partial charge in [0, 0.05) is 27.3 Å². The molecular weight excluding hydrogens is 256 g/mol. The van der Waals surface area contributed by atoms with Crippen LogP contribution in [0.2, 0.25) is 0 Å². The van der Waals surface area contributed by atoms with Gasteiger partial charge >= 0.3 is 0 Å². The van der Waals surface area contributed by atoms with Gasteiger partial charge in [0.05, 0.1) is 13.1 Å². The van der Waals surface area contributed by atoms with Gasteiger partial charge in [-0.15, -0.1) is 0 Å². The van der Waals surface area contributed by atoms with E-state index >= 15 is 0 Å². The Hall–Kier alpha value is -0.650. The minimum Gasteiger partial charge on any atom is -0.354 e. The first-order valence-electron chi connectivity index (χ1n) is 7.70. The second kappa shape index (κ2) is 12.1. The fraction of sp³-hybridized carbons (Fsp3) is 0.933. The van der Waals surface area contributed by atoms with E-state index in [2.05, 4.69) is 5.32 Å². The van der Waals surface area contributed by atoms with Crippen LogP contribution in [0.25, 0.3) is 0 Å². The summed E-state index contributed by atoms with van der Waals surface area (Å²) in [5.74, 6) is 0.0830. The van der Waals surface area contributed by atoms with E-state index in [9.17, 15) is 4.79 Å². The van der Waals surface area contributed by atoms with Crippen molar-refractivity contribution in [3.05, 3.63) is 0 Å². The van der Waals surface area contributed by atoms with Gasteiger partial charge in [-0.3, -0.25) is 4.79 Å². The highest BCUT2D eigenvalue weighted by Crippen LogP contribution is 2.17. The van der Waals surface area contributed by atoms with Crippen molar-refractivity contribution in [2.45, 2.75) is 58.3 Å². The van der Waals surface area contributed by atoms with Gasteiger partial charge in [0.15, 0.2) is 6.29 Å². The molecule has 1 aliphatic carbocycles. The zero-order valence-corrected chi connectivity index (χ0v) is 13.8. The van der Waals surface area contributed by atoms with Crippen molar-refractivity contribution in [1.82, 2.24) is 10.2 Å². The fourth-order valence-corrected chi connectivity index (χ4v) is 2.24. The molecule has 1 N–H and O–H groups in total. The van der Waals surface area contributed by atoms with Gasteiger partial charge in [-0.2, -0.15) is 0 Å². The number of rotatable bonds is 7. The number of ether oxygens (including phenoxy) is 2. The van der Waals surface area contributed by atoms with Gasteiger partial charge in [-0.05, 0) is 12.8 Å². The highest BCUT2D eigenvalue weighted by molar-refractivity contribution is 5.78. The van der Waals surface area contributed by atoms with Crippen LogP contribution >= 0.6 is 0 Å². The molecule has 1 rings (SSSR count). The van der Waals surface area contributed by atoms with E-state index < -0.39 is 0 Å². The molecule has 0 radical (unpaired) electrons. The van der Waals surface area contributed by atoms with E-state index in [1.807, 2.05) is 13.8 Å². The van der Waals surface area contributed by atoms with Crippen molar-refractivity contribution in [3.8, 4) is 0 Å². The minimum atomic E-state index is -0.353. The van der Waals surface area contributed by atoms with E-state index in [0.717, 1.165) is 0 Å². The van der Waals surface area contributed by atoms with Gasteiger partial charge in [-0.1, -0.05) is 33.1 Å². The smallest absolute Gasteiger partial charge is 0.236 e. The van der Waals surface area contributed by atoms with Crippen molar-refractivity contribution in [1.29, 1.82) is 0 Å². The van der Waals surface area contributed by atoms with Gasteiger partial charge < -0.3 is 19.7 Å². The number of nitrogens with zero attached hydrogens (tertiary/aromatic N) is 1. The van der Waals surface area contributed by atoms with E-state index in [0.29, 0.717) is 19.1 Å². The third-order valence-electron chi connectivity index (χ3n) is 3.52. The predicted octanol–water partition coefficient (Wildman–Crippen LogP) is 2.01. The van der Waals surface area contributed by atoms with E-state index in [1.165, 1.54) is 32.1 Å². The maximum absolute atomic E-state index is 11.9. The molecular formula is C15H32N2O3. The molecule has 0 aromatic carbocycles. The summed E-state index contributed by atoms with van der Waals surface area (Å²) in [7, 11) is 4.93. The van der Waals surface area contributed by atoms with Crippen LogP contribution in [0.15, 0.2) is 0 Å². The Bertz CT molecular complexity index is 239. The predicted molar refractivity (Wildman–Crippen MR) is 81.7 cm³/mol. The van der Waals surface area contributed by atoms with Crippen LogP contribution in [0.1, 0.15) is 46.0 Å². The van der Waals surface area contributed by atoms with Crippen LogP contribution in [-0.2, 0) is 14.3 Å². The number of likely N-dealkylation sites (N-methyl/N-ethyl adjacent to an activating group) is 1. The lowest BCUT2D eigenvalue weighted by Gasteiger charge is -2.25. The summed E-state index contributed by atoms with van der Waals surface area (Å²) in [4.78, 5) is 13.6. The molecule has 0 saturated heterocycles. The zero-order chi connectivity index (χ0) is 15.4. The fourth-order valence-electron chi connectivity index (χ4n) is 2.24. The summed E-state index contributed by atoms with van der Waals surface area (Å²) in [6.07, 6.45) is 5.91. The molecule has 5 heteroatoms. The van der Waals surface area contributed by atoms with Crippen LogP contribution in [0.5, 0.6) is 0 Å². The van der Waals surface area contributed by atoms with Crippen LogP contribution < -0.4 is 5.32 Å². The SMILES string of the molecule is CC.COC(CN(C)C(=O)CNC1CCCCC1)OC. The number of carbonyl (C=O) groups is 1. The molecule has 0 atom stereocenters. The Balaban J connectivity index is 0.00000172. The normalized spacial score (nSPS) is 15.7. The van der Waals surface area contributed by atoms with Gasteiger partial charge in [0.25, 0.3) is 0 Å². The van der Waals surface area contributed by atoms with Gasteiger partial charge in [0.2, 0.25) is 5.91 Å². The molecule has 0 aliphatic heterocycles. The lowest BCUT2D eigenvalue weighted by Crippen LogP contribution is -2.43. The van der Waals surface area contributed by atoms with Gasteiger partial charge in [0.1, 0.15) is 0 Å². The molecule has 0 heterocycles. The zero-order valence-electron chi connectivity index (χ0n) is 13.8. The second-order valence-electron chi connectivity index (χ2n) is 4.89. The average Bonchev–Trinajstić information content (AvgIpc) is 2.52. The molecule has 0 unspecified atom stereocenters. The van der Waals surface area contributed by atoms with Crippen molar-refractivity contribution < 1.29 is 14.3 Å². The summed E-state index contributed by atoms with van der Waals surface area (Å²) >= 11 is 0. The largest absolute Gasteiger partial charge is 0.354 e. The topological polar surface area (TPSA) is 50.8 Å². The molecule has 0 bridgehead atoms. The quantitative estimate of drug-likeness (QED) is 0.728.